The summed E-state index contributed by atoms with van der Waals surface area (Å²) < 4.78 is 13.5. The van der Waals surface area contributed by atoms with Crippen LogP contribution >= 0.6 is 0 Å². The largest absolute Gasteiger partial charge is 0.354 e. The molecule has 5 nitrogen and oxygen atoms in total. The summed E-state index contributed by atoms with van der Waals surface area (Å²) in [6, 6.07) is 12.9. The van der Waals surface area contributed by atoms with Gasteiger partial charge in [-0.1, -0.05) is 32.0 Å². The van der Waals surface area contributed by atoms with Gasteiger partial charge in [-0.3, -0.25) is 9.59 Å². The van der Waals surface area contributed by atoms with Crippen molar-refractivity contribution in [2.24, 2.45) is 5.92 Å². The number of hydrogen-bond acceptors (Lipinski definition) is 3. The molecule has 0 aliphatic carbocycles. The Balaban J connectivity index is 2.03. The van der Waals surface area contributed by atoms with Crippen LogP contribution in [0.4, 0.5) is 4.39 Å². The Morgan fingerprint density at radius 3 is 2.46 bits per heavy atom. The second kappa shape index (κ2) is 8.77. The first-order valence-electron chi connectivity index (χ1n) is 8.28. The van der Waals surface area contributed by atoms with Crippen molar-refractivity contribution in [2.45, 2.75) is 13.8 Å². The van der Waals surface area contributed by atoms with Crippen LogP contribution in [-0.4, -0.2) is 24.9 Å². The zero-order valence-corrected chi connectivity index (χ0v) is 14.7. The Hall–Kier alpha value is -3.20. The van der Waals surface area contributed by atoms with E-state index in [2.05, 4.69) is 10.6 Å². The zero-order valence-electron chi connectivity index (χ0n) is 14.7. The van der Waals surface area contributed by atoms with Crippen molar-refractivity contribution in [2.75, 3.05) is 13.1 Å². The van der Waals surface area contributed by atoms with Gasteiger partial charge in [-0.15, -0.1) is 0 Å². The third kappa shape index (κ3) is 4.90. The maximum absolute atomic E-state index is 13.5. The van der Waals surface area contributed by atoms with Gasteiger partial charge in [0.1, 0.15) is 11.9 Å². The van der Waals surface area contributed by atoms with E-state index >= 15 is 0 Å². The van der Waals surface area contributed by atoms with Crippen molar-refractivity contribution in [3.63, 3.8) is 0 Å². The van der Waals surface area contributed by atoms with E-state index < -0.39 is 5.82 Å². The highest BCUT2D eigenvalue weighted by Gasteiger charge is 2.10. The van der Waals surface area contributed by atoms with Crippen LogP contribution in [0.2, 0.25) is 0 Å². The third-order valence-electron chi connectivity index (χ3n) is 3.78. The number of hydrogen-bond donors (Lipinski definition) is 2. The van der Waals surface area contributed by atoms with Crippen LogP contribution in [0.5, 0.6) is 0 Å². The quantitative estimate of drug-likeness (QED) is 0.784. The van der Waals surface area contributed by atoms with Gasteiger partial charge in [0.2, 0.25) is 5.91 Å². The van der Waals surface area contributed by atoms with Crippen molar-refractivity contribution in [3.8, 4) is 17.2 Å². The lowest BCUT2D eigenvalue weighted by molar-refractivity contribution is -0.123. The average Bonchev–Trinajstić information content (AvgIpc) is 2.65. The molecule has 2 aromatic rings. The van der Waals surface area contributed by atoms with E-state index in [1.807, 2.05) is 0 Å². The summed E-state index contributed by atoms with van der Waals surface area (Å²) in [6.07, 6.45) is 0. The number of amides is 2. The monoisotopic (exact) mass is 353 g/mol. The lowest BCUT2D eigenvalue weighted by Crippen LogP contribution is -2.36. The molecule has 0 unspecified atom stereocenters. The summed E-state index contributed by atoms with van der Waals surface area (Å²) >= 11 is 0. The highest BCUT2D eigenvalue weighted by Crippen LogP contribution is 2.23. The van der Waals surface area contributed by atoms with Crippen molar-refractivity contribution >= 4 is 11.8 Å². The number of carbonyl (C=O) groups is 2. The fraction of sp³-hybridized carbons (Fsp3) is 0.250. The van der Waals surface area contributed by atoms with Crippen molar-refractivity contribution in [1.82, 2.24) is 10.6 Å². The smallest absolute Gasteiger partial charge is 0.251 e. The van der Waals surface area contributed by atoms with Crippen LogP contribution in [0.3, 0.4) is 0 Å². The molecule has 0 aliphatic rings. The molecule has 0 saturated heterocycles. The molecule has 0 aliphatic heterocycles. The van der Waals surface area contributed by atoms with Crippen LogP contribution in [0.1, 0.15) is 29.8 Å². The highest BCUT2D eigenvalue weighted by molar-refractivity contribution is 5.95. The fourth-order valence-electron chi connectivity index (χ4n) is 2.30. The molecule has 26 heavy (non-hydrogen) atoms. The number of nitrogens with one attached hydrogen (secondary N) is 2. The molecule has 2 N–H and O–H groups in total. The summed E-state index contributed by atoms with van der Waals surface area (Å²) in [7, 11) is 0. The third-order valence-corrected chi connectivity index (χ3v) is 3.78. The van der Waals surface area contributed by atoms with Gasteiger partial charge in [-0.05, 0) is 35.4 Å². The molecule has 0 atom stereocenters. The van der Waals surface area contributed by atoms with Crippen molar-refractivity contribution in [3.05, 3.63) is 59.4 Å². The van der Waals surface area contributed by atoms with Gasteiger partial charge < -0.3 is 10.6 Å². The molecule has 0 bridgehead atoms. The van der Waals surface area contributed by atoms with Gasteiger partial charge in [0.15, 0.2) is 0 Å². The van der Waals surface area contributed by atoms with Crippen LogP contribution < -0.4 is 10.6 Å². The van der Waals surface area contributed by atoms with Crippen molar-refractivity contribution in [1.29, 1.82) is 5.26 Å². The number of nitrogens with zero attached hydrogens (tertiary/aromatic N) is 1. The molecular weight excluding hydrogens is 333 g/mol. The highest BCUT2D eigenvalue weighted by atomic mass is 19.1. The van der Waals surface area contributed by atoms with Gasteiger partial charge >= 0.3 is 0 Å². The molecule has 0 fully saturated rings. The average molecular weight is 353 g/mol. The van der Waals surface area contributed by atoms with Crippen LogP contribution in [0, 0.1) is 23.1 Å². The Bertz CT molecular complexity index is 856. The molecule has 0 heterocycles. The number of rotatable bonds is 6. The first-order chi connectivity index (χ1) is 12.4. The van der Waals surface area contributed by atoms with E-state index in [1.165, 1.54) is 12.1 Å². The maximum Gasteiger partial charge on any atom is 0.251 e. The Morgan fingerprint density at radius 2 is 1.77 bits per heavy atom. The lowest BCUT2D eigenvalue weighted by Gasteiger charge is -2.10. The Labute approximate surface area is 151 Å². The van der Waals surface area contributed by atoms with E-state index in [0.29, 0.717) is 29.8 Å². The lowest BCUT2D eigenvalue weighted by atomic mass is 10.0. The van der Waals surface area contributed by atoms with Crippen LogP contribution in [-0.2, 0) is 4.79 Å². The van der Waals surface area contributed by atoms with Gasteiger partial charge in [-0.2, -0.15) is 5.26 Å². The van der Waals surface area contributed by atoms with E-state index in [0.717, 1.165) is 0 Å². The predicted octanol–water partition coefficient (Wildman–Crippen LogP) is 2.87. The van der Waals surface area contributed by atoms with E-state index in [4.69, 9.17) is 5.26 Å². The van der Waals surface area contributed by atoms with E-state index in [9.17, 15) is 14.0 Å². The normalized spacial score (nSPS) is 10.3. The zero-order chi connectivity index (χ0) is 19.1. The standard InChI is InChI=1S/C20H20FN3O2/c1-13(2)19(25)23-8-9-24-20(26)16-5-3-4-14(10-16)15-6-7-18(21)17(11-15)12-22/h3-7,10-11,13H,8-9H2,1-2H3,(H,23,25)(H,24,26). The topological polar surface area (TPSA) is 82.0 Å². The molecular formula is C20H20FN3O2. The second-order valence-corrected chi connectivity index (χ2v) is 6.09. The molecule has 2 aromatic carbocycles. The Kier molecular flexibility index (Phi) is 6.45. The molecule has 2 amide bonds. The molecule has 0 aromatic heterocycles. The number of halogens is 1. The summed E-state index contributed by atoms with van der Waals surface area (Å²) in [5.74, 6) is -1.01. The number of benzene rings is 2. The predicted molar refractivity (Wildman–Crippen MR) is 96.7 cm³/mol. The van der Waals surface area contributed by atoms with Gasteiger partial charge in [0, 0.05) is 24.6 Å². The van der Waals surface area contributed by atoms with Gasteiger partial charge in [0.05, 0.1) is 5.56 Å². The van der Waals surface area contributed by atoms with E-state index in [-0.39, 0.29) is 23.3 Å². The molecule has 134 valence electrons. The fourth-order valence-corrected chi connectivity index (χ4v) is 2.30. The van der Waals surface area contributed by atoms with Gasteiger partial charge in [0.25, 0.3) is 5.91 Å². The molecule has 0 radical (unpaired) electrons. The molecule has 2 rings (SSSR count). The van der Waals surface area contributed by atoms with Gasteiger partial charge in [-0.25, -0.2) is 4.39 Å². The summed E-state index contributed by atoms with van der Waals surface area (Å²) in [6.45, 7) is 4.27. The maximum atomic E-state index is 13.5. The van der Waals surface area contributed by atoms with Crippen LogP contribution in [0.25, 0.3) is 11.1 Å². The summed E-state index contributed by atoms with van der Waals surface area (Å²) in [5, 5.41) is 14.4. The second-order valence-electron chi connectivity index (χ2n) is 6.09. The molecule has 6 heteroatoms. The summed E-state index contributed by atoms with van der Waals surface area (Å²) in [5.41, 5.74) is 1.77. The number of nitriles is 1. The van der Waals surface area contributed by atoms with E-state index in [1.54, 1.807) is 50.2 Å². The van der Waals surface area contributed by atoms with Crippen molar-refractivity contribution < 1.29 is 14.0 Å². The summed E-state index contributed by atoms with van der Waals surface area (Å²) in [4.78, 5) is 23.7. The Morgan fingerprint density at radius 1 is 1.08 bits per heavy atom. The minimum Gasteiger partial charge on any atom is -0.354 e. The molecule has 0 saturated carbocycles. The minimum atomic E-state index is -0.575. The molecule has 0 spiro atoms. The first kappa shape index (κ1) is 19.1. The SMILES string of the molecule is CC(C)C(=O)NCCNC(=O)c1cccc(-c2ccc(F)c(C#N)c2)c1. The minimum absolute atomic E-state index is 0.0433. The number of carbonyl (C=O) groups excluding carboxylic acids is 2. The van der Waals surface area contributed by atoms with Crippen LogP contribution in [0.15, 0.2) is 42.5 Å². The first-order valence-corrected chi connectivity index (χ1v) is 8.28.